The number of hydrogen-bond acceptors (Lipinski definition) is 7. The van der Waals surface area contributed by atoms with Gasteiger partial charge < -0.3 is 5.09 Å². The van der Waals surface area contributed by atoms with E-state index in [1.807, 2.05) is 0 Å². The molecule has 3 amide bonds. The Kier molecular flexibility index (Phi) is 5.69. The summed E-state index contributed by atoms with van der Waals surface area (Å²) >= 11 is 0. The average molecular weight is 426 g/mol. The number of carbonyl (C=O) groups is 3. The molecular weight excluding hydrogens is 407 g/mol. The number of imide groups is 1. The Bertz CT molecular complexity index is 1080. The maximum Gasteiger partial charge on any atom is 0.455 e. The topological polar surface area (TPSA) is 110 Å². The number of hydrogen-bond donors (Lipinski definition) is 1. The van der Waals surface area contributed by atoms with Crippen LogP contribution in [0.3, 0.4) is 0 Å². The summed E-state index contributed by atoms with van der Waals surface area (Å²) in [6.45, 7) is 0.812. The molecule has 0 aliphatic carbocycles. The van der Waals surface area contributed by atoms with Crippen molar-refractivity contribution in [1.29, 1.82) is 0 Å². The van der Waals surface area contributed by atoms with Crippen molar-refractivity contribution in [2.24, 2.45) is 0 Å². The standard InChI is InChI=1S/C19H19N6O4P/c26-17-13-7-1-2-8-14(13)18(27)24(17)23(12-6-5-11-20-30)19(28)29-25-16-10-4-3-9-15(16)21-22-25/h1-4,7-10,20H,5-6,11-12,30H2. The fourth-order valence-corrected chi connectivity index (χ4v) is 3.40. The molecule has 10 nitrogen and oxygen atoms in total. The van der Waals surface area contributed by atoms with E-state index < -0.39 is 17.9 Å². The van der Waals surface area contributed by atoms with E-state index in [-0.39, 0.29) is 17.7 Å². The Labute approximate surface area is 173 Å². The molecule has 3 aromatic rings. The first-order chi connectivity index (χ1) is 14.6. The summed E-state index contributed by atoms with van der Waals surface area (Å²) in [5, 5.41) is 12.6. The SMILES string of the molecule is O=C(On1nnc2ccccc21)N(CCCCNP)N1C(=O)c2ccccc2C1=O. The lowest BCUT2D eigenvalue weighted by molar-refractivity contribution is -0.00759. The van der Waals surface area contributed by atoms with Crippen LogP contribution in [0.1, 0.15) is 33.6 Å². The van der Waals surface area contributed by atoms with E-state index in [9.17, 15) is 14.4 Å². The van der Waals surface area contributed by atoms with E-state index in [0.29, 0.717) is 24.0 Å². The van der Waals surface area contributed by atoms with Gasteiger partial charge in [0.2, 0.25) is 0 Å². The van der Waals surface area contributed by atoms with Crippen LogP contribution in [0, 0.1) is 0 Å². The van der Waals surface area contributed by atoms with Gasteiger partial charge in [0.1, 0.15) is 11.0 Å². The fraction of sp³-hybridized carbons (Fsp3) is 0.211. The Morgan fingerprint density at radius 2 is 1.70 bits per heavy atom. The van der Waals surface area contributed by atoms with Crippen molar-refractivity contribution in [2.45, 2.75) is 12.8 Å². The second kappa shape index (κ2) is 8.56. The van der Waals surface area contributed by atoms with Crippen molar-refractivity contribution >= 4 is 38.3 Å². The zero-order valence-corrected chi connectivity index (χ0v) is 17.0. The first-order valence-electron chi connectivity index (χ1n) is 9.33. The smallest absolute Gasteiger partial charge is 0.301 e. The van der Waals surface area contributed by atoms with Crippen LogP contribution in [0.15, 0.2) is 48.5 Å². The Balaban J connectivity index is 1.60. The average Bonchev–Trinajstić information content (AvgIpc) is 3.28. The minimum absolute atomic E-state index is 0.114. The lowest BCUT2D eigenvalue weighted by Crippen LogP contribution is -2.52. The zero-order valence-electron chi connectivity index (χ0n) is 15.9. The molecule has 0 fully saturated rings. The highest BCUT2D eigenvalue weighted by atomic mass is 31.0. The van der Waals surface area contributed by atoms with Gasteiger partial charge in [0.25, 0.3) is 11.8 Å². The predicted octanol–water partition coefficient (Wildman–Crippen LogP) is 1.65. The summed E-state index contributed by atoms with van der Waals surface area (Å²) in [5.74, 6) is -1.14. The van der Waals surface area contributed by atoms with Crippen LogP contribution in [0.4, 0.5) is 4.79 Å². The van der Waals surface area contributed by atoms with Crippen LogP contribution in [-0.2, 0) is 0 Å². The molecule has 2 heterocycles. The number of nitrogens with zero attached hydrogens (tertiary/aromatic N) is 5. The highest BCUT2D eigenvalue weighted by Crippen LogP contribution is 2.24. The van der Waals surface area contributed by atoms with Gasteiger partial charge in [-0.1, -0.05) is 38.5 Å². The maximum atomic E-state index is 13.0. The number of unbranched alkanes of at least 4 members (excludes halogenated alkanes) is 1. The molecule has 0 saturated heterocycles. The van der Waals surface area contributed by atoms with Crippen molar-refractivity contribution in [3.8, 4) is 0 Å². The van der Waals surface area contributed by atoms with E-state index in [4.69, 9.17) is 4.84 Å². The Morgan fingerprint density at radius 1 is 1.03 bits per heavy atom. The third kappa shape index (κ3) is 3.62. The number of hydrazine groups is 1. The molecule has 1 unspecified atom stereocenters. The van der Waals surface area contributed by atoms with Gasteiger partial charge >= 0.3 is 6.09 Å². The van der Waals surface area contributed by atoms with Gasteiger partial charge in [0.15, 0.2) is 0 Å². The molecule has 30 heavy (non-hydrogen) atoms. The number of rotatable bonds is 7. The molecule has 1 aliphatic heterocycles. The van der Waals surface area contributed by atoms with Gasteiger partial charge in [-0.05, 0) is 48.9 Å². The van der Waals surface area contributed by atoms with Crippen molar-refractivity contribution in [3.63, 3.8) is 0 Å². The van der Waals surface area contributed by atoms with E-state index in [2.05, 4.69) is 24.8 Å². The Morgan fingerprint density at radius 3 is 2.40 bits per heavy atom. The number of benzene rings is 2. The van der Waals surface area contributed by atoms with Gasteiger partial charge in [-0.15, -0.1) is 5.10 Å². The van der Waals surface area contributed by atoms with Crippen molar-refractivity contribution in [2.75, 3.05) is 13.1 Å². The van der Waals surface area contributed by atoms with Crippen molar-refractivity contribution < 1.29 is 19.2 Å². The summed E-state index contributed by atoms with van der Waals surface area (Å²) < 4.78 is 0. The third-order valence-corrected chi connectivity index (χ3v) is 4.94. The van der Waals surface area contributed by atoms with E-state index >= 15 is 0 Å². The lowest BCUT2D eigenvalue weighted by atomic mass is 10.1. The lowest BCUT2D eigenvalue weighted by Gasteiger charge is -2.28. The number of aromatic nitrogens is 3. The summed E-state index contributed by atoms with van der Waals surface area (Å²) in [4.78, 5) is 45.1. The van der Waals surface area contributed by atoms with Gasteiger partial charge in [0.05, 0.1) is 11.1 Å². The van der Waals surface area contributed by atoms with Crippen LogP contribution in [0.5, 0.6) is 0 Å². The molecule has 11 heteroatoms. The minimum Gasteiger partial charge on any atom is -0.301 e. The number of amides is 3. The number of nitrogens with one attached hydrogen (secondary N) is 1. The van der Waals surface area contributed by atoms with Crippen LogP contribution in [0.2, 0.25) is 0 Å². The molecule has 1 N–H and O–H groups in total. The minimum atomic E-state index is -0.904. The van der Waals surface area contributed by atoms with E-state index in [1.165, 1.54) is 0 Å². The highest BCUT2D eigenvalue weighted by Gasteiger charge is 2.42. The molecule has 0 bridgehead atoms. The maximum absolute atomic E-state index is 13.0. The third-order valence-electron chi connectivity index (χ3n) is 4.65. The van der Waals surface area contributed by atoms with Crippen molar-refractivity contribution in [3.05, 3.63) is 59.7 Å². The summed E-state index contributed by atoms with van der Waals surface area (Å²) in [6, 6.07) is 13.4. The van der Waals surface area contributed by atoms with Crippen LogP contribution < -0.4 is 9.92 Å². The first-order valence-corrected chi connectivity index (χ1v) is 9.91. The predicted molar refractivity (Wildman–Crippen MR) is 110 cm³/mol. The first kappa shape index (κ1) is 19.9. The fourth-order valence-electron chi connectivity index (χ4n) is 3.19. The number of carbonyl (C=O) groups excluding carboxylic acids is 3. The summed E-state index contributed by atoms with van der Waals surface area (Å²) in [5.41, 5.74) is 1.53. The van der Waals surface area contributed by atoms with Gasteiger partial charge in [-0.25, -0.2) is 9.80 Å². The van der Waals surface area contributed by atoms with E-state index in [0.717, 1.165) is 21.3 Å². The van der Waals surface area contributed by atoms with Crippen LogP contribution >= 0.6 is 9.39 Å². The molecule has 0 saturated carbocycles. The summed E-state index contributed by atoms with van der Waals surface area (Å²) in [6.07, 6.45) is 0.365. The number of para-hydroxylation sites is 1. The van der Waals surface area contributed by atoms with E-state index in [1.54, 1.807) is 48.5 Å². The number of fused-ring (bicyclic) bond motifs is 2. The molecule has 0 radical (unpaired) electrons. The second-order valence-electron chi connectivity index (χ2n) is 6.56. The molecule has 4 rings (SSSR count). The zero-order chi connectivity index (χ0) is 21.1. The molecule has 0 spiro atoms. The normalized spacial score (nSPS) is 13.0. The molecule has 154 valence electrons. The molecular formula is C19H19N6O4P. The van der Waals surface area contributed by atoms with Gasteiger partial charge in [0, 0.05) is 6.54 Å². The molecule has 1 aromatic heterocycles. The Hall–Kier alpha value is -3.36. The van der Waals surface area contributed by atoms with Crippen molar-refractivity contribution in [1.82, 2.24) is 30.3 Å². The largest absolute Gasteiger partial charge is 0.455 e. The summed E-state index contributed by atoms with van der Waals surface area (Å²) in [7, 11) is 2.40. The molecule has 2 aromatic carbocycles. The second-order valence-corrected chi connectivity index (χ2v) is 6.97. The quantitative estimate of drug-likeness (QED) is 0.265. The van der Waals surface area contributed by atoms with Crippen LogP contribution in [0.25, 0.3) is 11.0 Å². The van der Waals surface area contributed by atoms with Gasteiger partial charge in [-0.3, -0.25) is 14.4 Å². The van der Waals surface area contributed by atoms with Crippen LogP contribution in [-0.4, -0.2) is 56.2 Å². The monoisotopic (exact) mass is 426 g/mol. The molecule has 1 aliphatic rings. The highest BCUT2D eigenvalue weighted by molar-refractivity contribution is 7.13. The van der Waals surface area contributed by atoms with Gasteiger partial charge in [-0.2, -0.15) is 5.01 Å². The molecule has 1 atom stereocenters.